The quantitative estimate of drug-likeness (QED) is 0.497. The maximum Gasteiger partial charge on any atom is 0.451 e. The summed E-state index contributed by atoms with van der Waals surface area (Å²) in [7, 11) is -1.20. The van der Waals surface area contributed by atoms with Crippen LogP contribution in [0.1, 0.15) is 50.2 Å². The summed E-state index contributed by atoms with van der Waals surface area (Å²) in [6, 6.07) is 10.0. The summed E-state index contributed by atoms with van der Waals surface area (Å²) in [6.07, 6.45) is 5.27. The maximum atomic E-state index is 9.01. The van der Waals surface area contributed by atoms with Crippen molar-refractivity contribution in [1.82, 2.24) is 4.90 Å². The zero-order valence-electron chi connectivity index (χ0n) is 15.2. The molecule has 0 bridgehead atoms. The van der Waals surface area contributed by atoms with E-state index in [2.05, 4.69) is 24.0 Å². The average molecular weight is 343 g/mol. The van der Waals surface area contributed by atoms with Crippen LogP contribution < -0.4 is 5.73 Å². The minimum absolute atomic E-state index is 0.187. The van der Waals surface area contributed by atoms with Gasteiger partial charge in [0, 0.05) is 12.1 Å². The second-order valence-electron chi connectivity index (χ2n) is 7.59. The number of hydrogen-bond acceptors (Lipinski definition) is 5. The van der Waals surface area contributed by atoms with Crippen molar-refractivity contribution in [3.63, 3.8) is 0 Å². The monoisotopic (exact) mass is 343 g/mol. The van der Waals surface area contributed by atoms with E-state index in [4.69, 9.17) is 21.0 Å². The van der Waals surface area contributed by atoms with E-state index >= 15 is 0 Å². The van der Waals surface area contributed by atoms with Gasteiger partial charge in [-0.15, -0.1) is 0 Å². The maximum absolute atomic E-state index is 9.01. The largest absolute Gasteiger partial charge is 0.451 e. The van der Waals surface area contributed by atoms with E-state index in [9.17, 15) is 0 Å². The molecule has 4 N–H and O–H groups in total. The number of piperidine rings is 1. The average Bonchev–Trinajstić information content (AvgIpc) is 2.59. The lowest BCUT2D eigenvalue weighted by atomic mass is 9.75. The molecule has 1 heterocycles. The Bertz CT molecular complexity index is 578. The highest BCUT2D eigenvalue weighted by atomic mass is 16.4. The molecule has 25 heavy (non-hydrogen) atoms. The summed E-state index contributed by atoms with van der Waals surface area (Å²) in [6.45, 7) is 5.09. The highest BCUT2D eigenvalue weighted by Crippen LogP contribution is 2.31. The normalized spacial score (nSPS) is 18.5. The lowest BCUT2D eigenvalue weighted by Crippen LogP contribution is -2.49. The zero-order chi connectivity index (χ0) is 18.3. The fourth-order valence-electron chi connectivity index (χ4n) is 3.78. The number of nitrogens with two attached hydrogens (primary N) is 1. The lowest BCUT2D eigenvalue weighted by molar-refractivity contribution is 0.125. The minimum atomic E-state index is -1.20. The van der Waals surface area contributed by atoms with E-state index < -0.39 is 7.12 Å². The van der Waals surface area contributed by atoms with Crippen molar-refractivity contribution in [2.45, 2.75) is 57.4 Å². The summed E-state index contributed by atoms with van der Waals surface area (Å²) in [5, 5.41) is 26.8. The molecule has 1 aliphatic heterocycles. The second kappa shape index (κ2) is 9.35. The van der Waals surface area contributed by atoms with Crippen molar-refractivity contribution in [2.24, 2.45) is 11.7 Å². The van der Waals surface area contributed by atoms with Gasteiger partial charge in [0.15, 0.2) is 0 Å². The van der Waals surface area contributed by atoms with E-state index in [1.54, 1.807) is 0 Å². The first-order chi connectivity index (χ1) is 11.9. The summed E-state index contributed by atoms with van der Waals surface area (Å²) in [5.74, 6) is 0.508. The van der Waals surface area contributed by atoms with Gasteiger partial charge in [0.1, 0.15) is 0 Å². The Morgan fingerprint density at radius 3 is 2.68 bits per heavy atom. The zero-order valence-corrected chi connectivity index (χ0v) is 15.2. The summed E-state index contributed by atoms with van der Waals surface area (Å²) < 4.78 is 0. The molecule has 1 atom stereocenters. The third-order valence-corrected chi connectivity index (χ3v) is 5.41. The number of likely N-dealkylation sites (tertiary alicyclic amines) is 1. The van der Waals surface area contributed by atoms with Crippen LogP contribution in [0.5, 0.6) is 0 Å². The molecule has 6 heteroatoms. The third kappa shape index (κ3) is 6.45. The molecule has 1 unspecified atom stereocenters. The summed E-state index contributed by atoms with van der Waals surface area (Å²) in [5.41, 5.74) is 8.29. The molecule has 1 saturated heterocycles. The Balaban J connectivity index is 1.77. The SMILES string of the molecule is CC(N)(CCCCB(O)O)C1CCN(Cc2cccc(C#N)c2)CC1. The predicted molar refractivity (Wildman–Crippen MR) is 101 cm³/mol. The standard InChI is InChI=1S/C19H30BN3O2/c1-19(22,9-2-3-10-20(24)25)18-7-11-23(12-8-18)15-17-6-4-5-16(13-17)14-21/h4-6,13,18,24-25H,2-3,7-12,15,22H2,1H3. The third-order valence-electron chi connectivity index (χ3n) is 5.41. The van der Waals surface area contributed by atoms with Gasteiger partial charge in [-0.05, 0) is 69.2 Å². The lowest BCUT2D eigenvalue weighted by Gasteiger charge is -2.40. The Hall–Kier alpha value is -1.39. The number of unbranched alkanes of at least 4 members (excludes halogenated alkanes) is 1. The smallest absolute Gasteiger partial charge is 0.427 e. The van der Waals surface area contributed by atoms with Crippen molar-refractivity contribution < 1.29 is 10.0 Å². The van der Waals surface area contributed by atoms with Crippen LogP contribution in [0.3, 0.4) is 0 Å². The van der Waals surface area contributed by atoms with Gasteiger partial charge in [0.2, 0.25) is 0 Å². The van der Waals surface area contributed by atoms with Gasteiger partial charge >= 0.3 is 7.12 Å². The first-order valence-electron chi connectivity index (χ1n) is 9.27. The highest BCUT2D eigenvalue weighted by molar-refractivity contribution is 6.40. The van der Waals surface area contributed by atoms with Gasteiger partial charge in [-0.2, -0.15) is 5.26 Å². The van der Waals surface area contributed by atoms with E-state index in [0.29, 0.717) is 12.2 Å². The Kier molecular flexibility index (Phi) is 7.46. The molecule has 0 aromatic heterocycles. The van der Waals surface area contributed by atoms with Crippen molar-refractivity contribution in [3.8, 4) is 6.07 Å². The molecular weight excluding hydrogens is 313 g/mol. The number of benzene rings is 1. The topological polar surface area (TPSA) is 93.5 Å². The van der Waals surface area contributed by atoms with Crippen LogP contribution in [-0.2, 0) is 6.54 Å². The molecular formula is C19H30BN3O2. The van der Waals surface area contributed by atoms with E-state index in [1.165, 1.54) is 5.56 Å². The van der Waals surface area contributed by atoms with Crippen molar-refractivity contribution >= 4 is 7.12 Å². The Morgan fingerprint density at radius 1 is 1.32 bits per heavy atom. The molecule has 5 nitrogen and oxygen atoms in total. The van der Waals surface area contributed by atoms with Gasteiger partial charge in [0.05, 0.1) is 11.6 Å². The molecule has 1 aromatic rings. The van der Waals surface area contributed by atoms with E-state index in [-0.39, 0.29) is 5.54 Å². The minimum Gasteiger partial charge on any atom is -0.427 e. The molecule has 1 aromatic carbocycles. The van der Waals surface area contributed by atoms with E-state index in [0.717, 1.165) is 57.3 Å². The molecule has 0 saturated carbocycles. The fraction of sp³-hybridized carbons (Fsp3) is 0.632. The molecule has 0 spiro atoms. The first kappa shape index (κ1) is 19.9. The van der Waals surface area contributed by atoms with Gasteiger partial charge in [-0.3, -0.25) is 4.90 Å². The highest BCUT2D eigenvalue weighted by Gasteiger charge is 2.32. The van der Waals surface area contributed by atoms with Gasteiger partial charge in [0.25, 0.3) is 0 Å². The van der Waals surface area contributed by atoms with Crippen LogP contribution in [0.4, 0.5) is 0 Å². The fourth-order valence-corrected chi connectivity index (χ4v) is 3.78. The van der Waals surface area contributed by atoms with Crippen LogP contribution in [-0.4, -0.2) is 40.7 Å². The van der Waals surface area contributed by atoms with Crippen LogP contribution >= 0.6 is 0 Å². The predicted octanol–water partition coefficient (Wildman–Crippen LogP) is 2.13. The molecule has 0 amide bonds. The molecule has 1 aliphatic rings. The number of nitrogens with zero attached hydrogens (tertiary/aromatic N) is 2. The van der Waals surface area contributed by atoms with Crippen LogP contribution in [0.15, 0.2) is 24.3 Å². The number of nitriles is 1. The number of hydrogen-bond donors (Lipinski definition) is 3. The number of rotatable bonds is 8. The van der Waals surface area contributed by atoms with Crippen LogP contribution in [0, 0.1) is 17.2 Å². The Morgan fingerprint density at radius 2 is 2.04 bits per heavy atom. The molecule has 0 radical (unpaired) electrons. The van der Waals surface area contributed by atoms with Gasteiger partial charge in [-0.1, -0.05) is 25.0 Å². The molecule has 0 aliphatic carbocycles. The van der Waals surface area contributed by atoms with Gasteiger partial charge < -0.3 is 15.8 Å². The van der Waals surface area contributed by atoms with Crippen molar-refractivity contribution in [3.05, 3.63) is 35.4 Å². The molecule has 2 rings (SSSR count). The summed E-state index contributed by atoms with van der Waals surface area (Å²) >= 11 is 0. The molecule has 1 fully saturated rings. The molecule has 136 valence electrons. The van der Waals surface area contributed by atoms with Crippen molar-refractivity contribution in [1.29, 1.82) is 5.26 Å². The second-order valence-corrected chi connectivity index (χ2v) is 7.59. The van der Waals surface area contributed by atoms with Gasteiger partial charge in [-0.25, -0.2) is 0 Å². The first-order valence-corrected chi connectivity index (χ1v) is 9.27. The van der Waals surface area contributed by atoms with Crippen molar-refractivity contribution in [2.75, 3.05) is 13.1 Å². The summed E-state index contributed by atoms with van der Waals surface area (Å²) in [4.78, 5) is 2.44. The van der Waals surface area contributed by atoms with E-state index in [1.807, 2.05) is 18.2 Å². The Labute approximate surface area is 151 Å². The van der Waals surface area contributed by atoms with Crippen LogP contribution in [0.25, 0.3) is 0 Å². The van der Waals surface area contributed by atoms with Crippen LogP contribution in [0.2, 0.25) is 6.32 Å².